The summed E-state index contributed by atoms with van der Waals surface area (Å²) in [6.45, 7) is 1.16. The Morgan fingerprint density at radius 1 is 0.909 bits per heavy atom. The molecule has 0 aliphatic carbocycles. The van der Waals surface area contributed by atoms with E-state index in [0.29, 0.717) is 19.0 Å². The molecule has 0 aliphatic rings. The van der Waals surface area contributed by atoms with Crippen molar-refractivity contribution in [2.45, 2.75) is 13.1 Å². The summed E-state index contributed by atoms with van der Waals surface area (Å²) < 4.78 is 22.1. The third-order valence-corrected chi connectivity index (χ3v) is 5.58. The number of para-hydroxylation sites is 2. The quantitative estimate of drug-likeness (QED) is 0.373. The number of carbonyl (C=O) groups is 1. The van der Waals surface area contributed by atoms with Crippen LogP contribution in [0.4, 0.5) is 4.39 Å². The van der Waals surface area contributed by atoms with Gasteiger partial charge in [0.15, 0.2) is 0 Å². The van der Waals surface area contributed by atoms with Crippen LogP contribution in [0, 0.1) is 5.82 Å². The van der Waals surface area contributed by atoms with Gasteiger partial charge in [-0.15, -0.1) is 0 Å². The van der Waals surface area contributed by atoms with Gasteiger partial charge >= 0.3 is 0 Å². The average Bonchev–Trinajstić information content (AvgIpc) is 3.20. The number of nitrogens with zero attached hydrogens (tertiary/aromatic N) is 2. The van der Waals surface area contributed by atoms with E-state index >= 15 is 0 Å². The van der Waals surface area contributed by atoms with E-state index in [9.17, 15) is 9.18 Å². The molecule has 0 radical (unpaired) electrons. The number of imidazole rings is 1. The number of carbonyl (C=O) groups excluding carboxylic acids is 1. The SMILES string of the molecule is O=C(NCc1nc2ccccc2n1CCOc1cccc2ccccc12)c1ccccc1F. The maximum absolute atomic E-state index is 14.0. The average molecular weight is 439 g/mol. The summed E-state index contributed by atoms with van der Waals surface area (Å²) in [5.74, 6) is 0.486. The first-order valence-electron chi connectivity index (χ1n) is 10.8. The number of benzene rings is 4. The largest absolute Gasteiger partial charge is 0.491 e. The van der Waals surface area contributed by atoms with E-state index in [2.05, 4.69) is 22.4 Å². The van der Waals surface area contributed by atoms with E-state index in [1.54, 1.807) is 12.1 Å². The van der Waals surface area contributed by atoms with E-state index in [-0.39, 0.29) is 12.1 Å². The lowest BCUT2D eigenvalue weighted by Crippen LogP contribution is -2.26. The molecule has 164 valence electrons. The third kappa shape index (κ3) is 4.28. The van der Waals surface area contributed by atoms with Crippen LogP contribution in [0.1, 0.15) is 16.2 Å². The molecule has 6 heteroatoms. The minimum Gasteiger partial charge on any atom is -0.491 e. The molecule has 0 unspecified atom stereocenters. The predicted molar refractivity (Wildman–Crippen MR) is 127 cm³/mol. The van der Waals surface area contributed by atoms with Crippen LogP contribution < -0.4 is 10.1 Å². The Morgan fingerprint density at radius 3 is 2.58 bits per heavy atom. The Morgan fingerprint density at radius 2 is 1.67 bits per heavy atom. The van der Waals surface area contributed by atoms with Gasteiger partial charge in [-0.25, -0.2) is 9.37 Å². The molecule has 1 amide bonds. The lowest BCUT2D eigenvalue weighted by Gasteiger charge is -2.13. The molecular formula is C27H22FN3O2. The highest BCUT2D eigenvalue weighted by molar-refractivity contribution is 5.94. The van der Waals surface area contributed by atoms with Crippen molar-refractivity contribution in [1.82, 2.24) is 14.9 Å². The van der Waals surface area contributed by atoms with E-state index < -0.39 is 11.7 Å². The fraction of sp³-hybridized carbons (Fsp3) is 0.111. The summed E-state index contributed by atoms with van der Waals surface area (Å²) in [4.78, 5) is 17.2. The minimum absolute atomic E-state index is 0.0134. The van der Waals surface area contributed by atoms with Gasteiger partial charge in [-0.05, 0) is 35.7 Å². The molecule has 0 aliphatic heterocycles. The first-order chi connectivity index (χ1) is 16.2. The normalized spacial score (nSPS) is 11.1. The number of amides is 1. The number of nitrogens with one attached hydrogen (secondary N) is 1. The van der Waals surface area contributed by atoms with Crippen molar-refractivity contribution >= 4 is 27.7 Å². The molecule has 5 rings (SSSR count). The highest BCUT2D eigenvalue weighted by Crippen LogP contribution is 2.25. The number of aromatic nitrogens is 2. The monoisotopic (exact) mass is 439 g/mol. The molecule has 0 spiro atoms. The minimum atomic E-state index is -0.549. The molecule has 0 saturated heterocycles. The lowest BCUT2D eigenvalue weighted by atomic mass is 10.1. The van der Waals surface area contributed by atoms with E-state index in [4.69, 9.17) is 4.74 Å². The zero-order valence-corrected chi connectivity index (χ0v) is 17.9. The van der Waals surface area contributed by atoms with Crippen molar-refractivity contribution in [2.75, 3.05) is 6.61 Å². The first-order valence-corrected chi connectivity index (χ1v) is 10.8. The van der Waals surface area contributed by atoms with Crippen molar-refractivity contribution in [2.24, 2.45) is 0 Å². The van der Waals surface area contributed by atoms with Crippen LogP contribution >= 0.6 is 0 Å². The molecule has 5 nitrogen and oxygen atoms in total. The number of fused-ring (bicyclic) bond motifs is 2. The summed E-state index contributed by atoms with van der Waals surface area (Å²) in [5, 5.41) is 4.97. The third-order valence-electron chi connectivity index (χ3n) is 5.58. The van der Waals surface area contributed by atoms with Crippen LogP contribution in [0.3, 0.4) is 0 Å². The van der Waals surface area contributed by atoms with Crippen LogP contribution in [0.25, 0.3) is 21.8 Å². The molecule has 0 bridgehead atoms. The lowest BCUT2D eigenvalue weighted by molar-refractivity contribution is 0.0945. The zero-order chi connectivity index (χ0) is 22.6. The van der Waals surface area contributed by atoms with Crippen LogP contribution in [0.15, 0.2) is 91.0 Å². The summed E-state index contributed by atoms with van der Waals surface area (Å²) in [6, 6.07) is 27.8. The Hall–Kier alpha value is -4.19. The summed E-state index contributed by atoms with van der Waals surface area (Å²) in [5.41, 5.74) is 1.80. The molecule has 33 heavy (non-hydrogen) atoms. The standard InChI is InChI=1S/C27H22FN3O2/c28-22-12-4-3-11-21(22)27(32)29-18-26-30-23-13-5-6-14-24(23)31(26)16-17-33-25-15-7-9-19-8-1-2-10-20(19)25/h1-15H,16-18H2,(H,29,32). The van der Waals surface area contributed by atoms with Crippen LogP contribution in [-0.2, 0) is 13.1 Å². The molecule has 5 aromatic rings. The van der Waals surface area contributed by atoms with Crippen LogP contribution in [-0.4, -0.2) is 22.1 Å². The van der Waals surface area contributed by atoms with Crippen molar-refractivity contribution in [1.29, 1.82) is 0 Å². The molecular weight excluding hydrogens is 417 g/mol. The van der Waals surface area contributed by atoms with Crippen molar-refractivity contribution in [3.05, 3.63) is 108 Å². The number of hydrogen-bond acceptors (Lipinski definition) is 3. The summed E-state index contributed by atoms with van der Waals surface area (Å²) in [7, 11) is 0. The van der Waals surface area contributed by atoms with Crippen LogP contribution in [0.5, 0.6) is 5.75 Å². The fourth-order valence-corrected chi connectivity index (χ4v) is 3.98. The van der Waals surface area contributed by atoms with E-state index in [0.717, 1.165) is 27.6 Å². The number of rotatable bonds is 7. The fourth-order valence-electron chi connectivity index (χ4n) is 3.98. The van der Waals surface area contributed by atoms with Gasteiger partial charge in [0.25, 0.3) is 5.91 Å². The second-order valence-electron chi connectivity index (χ2n) is 7.66. The number of hydrogen-bond donors (Lipinski definition) is 1. The van der Waals surface area contributed by atoms with Gasteiger partial charge in [-0.2, -0.15) is 0 Å². The molecule has 0 saturated carbocycles. The Bertz CT molecular complexity index is 1440. The van der Waals surface area contributed by atoms with Gasteiger partial charge < -0.3 is 14.6 Å². The second kappa shape index (κ2) is 9.12. The maximum atomic E-state index is 14.0. The van der Waals surface area contributed by atoms with Gasteiger partial charge in [0.2, 0.25) is 0 Å². The molecule has 0 atom stereocenters. The smallest absolute Gasteiger partial charge is 0.254 e. The molecule has 1 heterocycles. The van der Waals surface area contributed by atoms with Gasteiger partial charge in [0.1, 0.15) is 24.0 Å². The second-order valence-corrected chi connectivity index (χ2v) is 7.66. The predicted octanol–water partition coefficient (Wildman–Crippen LogP) is 5.34. The maximum Gasteiger partial charge on any atom is 0.254 e. The van der Waals surface area contributed by atoms with Crippen molar-refractivity contribution < 1.29 is 13.9 Å². The Labute approximate surface area is 190 Å². The molecule has 1 aromatic heterocycles. The zero-order valence-electron chi connectivity index (χ0n) is 17.9. The van der Waals surface area contributed by atoms with Gasteiger partial charge in [0, 0.05) is 5.39 Å². The summed E-state index contributed by atoms with van der Waals surface area (Å²) >= 11 is 0. The Kier molecular flexibility index (Phi) is 5.72. The van der Waals surface area contributed by atoms with E-state index in [1.807, 2.05) is 59.2 Å². The highest BCUT2D eigenvalue weighted by Gasteiger charge is 2.14. The molecule has 4 aromatic carbocycles. The van der Waals surface area contributed by atoms with Gasteiger partial charge in [-0.1, -0.05) is 60.7 Å². The molecule has 0 fully saturated rings. The highest BCUT2D eigenvalue weighted by atomic mass is 19.1. The van der Waals surface area contributed by atoms with Crippen molar-refractivity contribution in [3.63, 3.8) is 0 Å². The first kappa shape index (κ1) is 20.7. The van der Waals surface area contributed by atoms with Crippen LogP contribution in [0.2, 0.25) is 0 Å². The van der Waals surface area contributed by atoms with Crippen molar-refractivity contribution in [3.8, 4) is 5.75 Å². The van der Waals surface area contributed by atoms with Gasteiger partial charge in [-0.3, -0.25) is 4.79 Å². The number of ether oxygens (including phenoxy) is 1. The van der Waals surface area contributed by atoms with E-state index in [1.165, 1.54) is 12.1 Å². The number of halogens is 1. The Balaban J connectivity index is 1.34. The molecule has 1 N–H and O–H groups in total. The summed E-state index contributed by atoms with van der Waals surface area (Å²) in [6.07, 6.45) is 0. The topological polar surface area (TPSA) is 56.2 Å². The van der Waals surface area contributed by atoms with Gasteiger partial charge in [0.05, 0.1) is 29.7 Å².